The molecule has 6 amide bonds. The first kappa shape index (κ1) is 52.9. The lowest BCUT2D eigenvalue weighted by atomic mass is 9.85. The average molecular weight is 1000 g/mol. The normalized spacial score (nSPS) is 16.7. The quantitative estimate of drug-likeness (QED) is 0.0440. The fraction of sp³-hybridized carbons (Fsp3) is 0.444. The molecule has 17 nitrogen and oxygen atoms in total. The van der Waals surface area contributed by atoms with Gasteiger partial charge in [0.2, 0.25) is 17.7 Å². The van der Waals surface area contributed by atoms with Gasteiger partial charge < -0.3 is 45.8 Å². The number of unbranched alkanes of at least 4 members (excludes halogenated alkanes) is 5. The molecule has 382 valence electrons. The second-order valence-electron chi connectivity index (χ2n) is 20.1. The maximum atomic E-state index is 14.0. The van der Waals surface area contributed by atoms with Crippen LogP contribution in [0.5, 0.6) is 5.75 Å². The van der Waals surface area contributed by atoms with Crippen LogP contribution in [0.15, 0.2) is 76.8 Å². The van der Waals surface area contributed by atoms with Crippen molar-refractivity contribution in [1.82, 2.24) is 41.2 Å². The van der Waals surface area contributed by atoms with Crippen molar-refractivity contribution < 1.29 is 43.5 Å². The molecule has 1 aliphatic carbocycles. The van der Waals surface area contributed by atoms with Crippen LogP contribution >= 0.6 is 11.3 Å². The van der Waals surface area contributed by atoms with Crippen molar-refractivity contribution in [3.63, 3.8) is 0 Å². The minimum Gasteiger partial charge on any atom is -0.507 e. The number of aliphatic hydroxyl groups excluding tert-OH is 1. The number of carbonyl (C=O) groups is 6. The summed E-state index contributed by atoms with van der Waals surface area (Å²) in [6.45, 7) is 8.35. The van der Waals surface area contributed by atoms with Crippen LogP contribution in [-0.2, 0) is 27.3 Å². The van der Waals surface area contributed by atoms with E-state index in [4.69, 9.17) is 4.52 Å². The summed E-state index contributed by atoms with van der Waals surface area (Å²) in [5.41, 5.74) is 7.15. The third-order valence-electron chi connectivity index (χ3n) is 13.3. The number of carbonyl (C=O) groups excluding carboxylic acids is 6. The fourth-order valence-corrected chi connectivity index (χ4v) is 10.00. The van der Waals surface area contributed by atoms with Crippen molar-refractivity contribution in [3.05, 3.63) is 111 Å². The average Bonchev–Trinajstić information content (AvgIpc) is 4.18. The smallest absolute Gasteiger partial charge is 0.273 e. The monoisotopic (exact) mass is 1000 g/mol. The number of aryl methyl sites for hydroxylation is 2. The Balaban J connectivity index is 0.793. The summed E-state index contributed by atoms with van der Waals surface area (Å²) >= 11 is 1.57. The van der Waals surface area contributed by atoms with Crippen molar-refractivity contribution >= 4 is 46.8 Å². The summed E-state index contributed by atoms with van der Waals surface area (Å²) in [7, 11) is 3.18. The summed E-state index contributed by atoms with van der Waals surface area (Å²) < 4.78 is 5.41. The van der Waals surface area contributed by atoms with Crippen LogP contribution in [0.2, 0.25) is 0 Å². The van der Waals surface area contributed by atoms with Gasteiger partial charge in [-0.1, -0.05) is 88.0 Å². The highest BCUT2D eigenvalue weighted by Gasteiger charge is 2.44. The van der Waals surface area contributed by atoms with Gasteiger partial charge in [0, 0.05) is 63.8 Å². The van der Waals surface area contributed by atoms with E-state index in [1.165, 1.54) is 28.0 Å². The van der Waals surface area contributed by atoms with Gasteiger partial charge in [-0.3, -0.25) is 28.8 Å². The standard InChI is InChI=1S/C54H66N8O9S/c1-32-47(72-31-57-32)35-16-14-33(15-17-35)29-56-51(68)43-27-38(63)30-62(43)53(70)48(54(2,3)4)59-46(65)13-11-9-7-8-10-12-24-55-49(66)37-19-18-34-21-23-41(40(34)25-37)58-50(67)42-28-45(71-60-42)36-20-22-39(44(64)26-36)52(69)61(5)6/h14-20,22,25-26,28,31,38,41,43,48,63-64H,7-13,21,23-24,27,29-30H2,1-6H3,(H,55,66)(H,56,68)(H,58,67)(H,59,65)/t38-,41-,43+,48-/m1/s1. The van der Waals surface area contributed by atoms with Gasteiger partial charge in [0.15, 0.2) is 11.5 Å². The number of hydrogen-bond acceptors (Lipinski definition) is 12. The van der Waals surface area contributed by atoms with E-state index >= 15 is 0 Å². The molecule has 2 aliphatic rings. The number of thiazole rings is 1. The number of phenols is 1. The molecule has 6 N–H and O–H groups in total. The predicted octanol–water partition coefficient (Wildman–Crippen LogP) is 6.87. The molecule has 1 fully saturated rings. The summed E-state index contributed by atoms with van der Waals surface area (Å²) in [4.78, 5) is 87.6. The van der Waals surface area contributed by atoms with Crippen LogP contribution in [0.3, 0.4) is 0 Å². The Morgan fingerprint density at radius 2 is 1.61 bits per heavy atom. The van der Waals surface area contributed by atoms with E-state index in [0.717, 1.165) is 71.3 Å². The molecular formula is C54H66N8O9S. The third kappa shape index (κ3) is 13.1. The Labute approximate surface area is 424 Å². The maximum absolute atomic E-state index is 14.0. The number of aliphatic hydroxyl groups is 1. The number of benzene rings is 3. The summed E-state index contributed by atoms with van der Waals surface area (Å²) in [5.74, 6) is -1.94. The van der Waals surface area contributed by atoms with Gasteiger partial charge >= 0.3 is 0 Å². The Bertz CT molecular complexity index is 2760. The molecule has 3 aromatic carbocycles. The van der Waals surface area contributed by atoms with Gasteiger partial charge in [-0.15, -0.1) is 11.3 Å². The number of fused-ring (bicyclic) bond motifs is 1. The molecule has 7 rings (SSSR count). The number of likely N-dealkylation sites (tertiary alicyclic amines) is 1. The SMILES string of the molecule is Cc1ncsc1-c1ccc(CNC(=O)[C@@H]2C[C@@H](O)CN2C(=O)[C@@H](NC(=O)CCCCCCCCNC(=O)c2ccc3c(c2)[C@H](NC(=O)c2cc(-c4ccc(C(=O)N(C)C)c(O)c4)on2)CC3)C(C)(C)C)cc1. The second kappa shape index (κ2) is 23.5. The first-order valence-corrected chi connectivity index (χ1v) is 25.5. The molecule has 5 aromatic rings. The van der Waals surface area contributed by atoms with E-state index in [0.29, 0.717) is 30.5 Å². The first-order chi connectivity index (χ1) is 34.4. The number of aromatic nitrogens is 2. The minimum absolute atomic E-state index is 0.00637. The van der Waals surface area contributed by atoms with E-state index < -0.39 is 35.4 Å². The van der Waals surface area contributed by atoms with Crippen LogP contribution < -0.4 is 21.3 Å². The van der Waals surface area contributed by atoms with Gasteiger partial charge in [-0.25, -0.2) is 4.98 Å². The van der Waals surface area contributed by atoms with Crippen LogP contribution in [0.25, 0.3) is 21.8 Å². The Morgan fingerprint density at radius 1 is 0.889 bits per heavy atom. The highest BCUT2D eigenvalue weighted by molar-refractivity contribution is 7.13. The van der Waals surface area contributed by atoms with Crippen LogP contribution in [-0.4, -0.2) is 111 Å². The van der Waals surface area contributed by atoms with E-state index in [1.54, 1.807) is 37.6 Å². The second-order valence-corrected chi connectivity index (χ2v) is 20.9. The van der Waals surface area contributed by atoms with E-state index in [2.05, 4.69) is 31.4 Å². The molecule has 4 atom stereocenters. The predicted molar refractivity (Wildman–Crippen MR) is 273 cm³/mol. The molecule has 3 heterocycles. The zero-order chi connectivity index (χ0) is 51.7. The van der Waals surface area contributed by atoms with Crippen molar-refractivity contribution in [1.29, 1.82) is 0 Å². The number of phenolic OH excluding ortho intramolecular Hbond substituents is 1. The number of rotatable bonds is 20. The van der Waals surface area contributed by atoms with Crippen LogP contribution in [0.1, 0.15) is 138 Å². The molecule has 1 saturated heterocycles. The molecule has 2 aromatic heterocycles. The van der Waals surface area contributed by atoms with Gasteiger partial charge in [0.05, 0.1) is 33.8 Å². The fourth-order valence-electron chi connectivity index (χ4n) is 9.19. The number of amides is 6. The van der Waals surface area contributed by atoms with Gasteiger partial charge in [-0.05, 0) is 84.5 Å². The number of nitrogens with zero attached hydrogens (tertiary/aromatic N) is 4. The van der Waals surface area contributed by atoms with E-state index in [-0.39, 0.29) is 78.4 Å². The molecular weight excluding hydrogens is 937 g/mol. The van der Waals surface area contributed by atoms with Crippen molar-refractivity contribution in [2.45, 2.75) is 123 Å². The highest BCUT2D eigenvalue weighted by atomic mass is 32.1. The van der Waals surface area contributed by atoms with E-state index in [9.17, 15) is 39.0 Å². The minimum atomic E-state index is -0.889. The van der Waals surface area contributed by atoms with Crippen LogP contribution in [0, 0.1) is 12.3 Å². The number of hydrogen-bond donors (Lipinski definition) is 6. The topological polar surface area (TPSA) is 236 Å². The molecule has 18 heteroatoms. The molecule has 0 radical (unpaired) electrons. The summed E-state index contributed by atoms with van der Waals surface area (Å²) in [6.07, 6.45) is 5.90. The molecule has 0 bridgehead atoms. The van der Waals surface area contributed by atoms with Gasteiger partial charge in [0.1, 0.15) is 17.8 Å². The van der Waals surface area contributed by atoms with Gasteiger partial charge in [-0.2, -0.15) is 0 Å². The molecule has 72 heavy (non-hydrogen) atoms. The Hall–Kier alpha value is -6.92. The lowest BCUT2D eigenvalue weighted by molar-refractivity contribution is -0.144. The van der Waals surface area contributed by atoms with E-state index in [1.807, 2.05) is 69.6 Å². The summed E-state index contributed by atoms with van der Waals surface area (Å²) in [5, 5.41) is 36.9. The molecule has 0 spiro atoms. The number of β-amino-alcohol motifs (C(OH)–C–C–N with tert-alkyl or cyclic N) is 1. The molecule has 0 unspecified atom stereocenters. The third-order valence-corrected chi connectivity index (χ3v) is 14.3. The van der Waals surface area contributed by atoms with Gasteiger partial charge in [0.25, 0.3) is 17.7 Å². The molecule has 0 saturated carbocycles. The maximum Gasteiger partial charge on any atom is 0.273 e. The van der Waals surface area contributed by atoms with Crippen LogP contribution in [0.4, 0.5) is 0 Å². The lowest BCUT2D eigenvalue weighted by Crippen LogP contribution is -2.57. The zero-order valence-corrected chi connectivity index (χ0v) is 42.7. The Kier molecular flexibility index (Phi) is 17.3. The van der Waals surface area contributed by atoms with Crippen molar-refractivity contribution in [3.8, 4) is 27.5 Å². The first-order valence-electron chi connectivity index (χ1n) is 24.7. The van der Waals surface area contributed by atoms with Crippen molar-refractivity contribution in [2.75, 3.05) is 27.2 Å². The zero-order valence-electron chi connectivity index (χ0n) is 41.9. The number of nitrogens with one attached hydrogen (secondary N) is 4. The highest BCUT2D eigenvalue weighted by Crippen LogP contribution is 2.34. The summed E-state index contributed by atoms with van der Waals surface area (Å²) in [6, 6.07) is 17.3. The van der Waals surface area contributed by atoms with Crippen molar-refractivity contribution in [2.24, 2.45) is 5.41 Å². The molecule has 1 aliphatic heterocycles. The largest absolute Gasteiger partial charge is 0.507 e. The lowest BCUT2D eigenvalue weighted by Gasteiger charge is -2.35. The Morgan fingerprint density at radius 3 is 2.31 bits per heavy atom. The number of aromatic hydroxyl groups is 1.